The molecule has 0 radical (unpaired) electrons. The highest BCUT2D eigenvalue weighted by Crippen LogP contribution is 2.27. The van der Waals surface area contributed by atoms with Crippen molar-refractivity contribution in [3.63, 3.8) is 0 Å². The van der Waals surface area contributed by atoms with Gasteiger partial charge in [0, 0.05) is 24.5 Å². The van der Waals surface area contributed by atoms with Crippen LogP contribution in [0.5, 0.6) is 0 Å². The summed E-state index contributed by atoms with van der Waals surface area (Å²) in [5, 5.41) is 11.2. The molecule has 0 unspecified atom stereocenters. The Balaban J connectivity index is 2.11. The summed E-state index contributed by atoms with van der Waals surface area (Å²) < 4.78 is 13.1. The lowest BCUT2D eigenvalue weighted by molar-refractivity contribution is -0.136. The number of rotatable bonds is 5. The first-order valence-electron chi connectivity index (χ1n) is 5.72. The summed E-state index contributed by atoms with van der Waals surface area (Å²) in [5.74, 6) is -1.14. The largest absolute Gasteiger partial charge is 0.481 e. The van der Waals surface area contributed by atoms with Gasteiger partial charge in [0.2, 0.25) is 0 Å². The number of aliphatic carboxylic acids is 1. The number of carboxylic acids is 1. The molecule has 0 saturated heterocycles. The number of anilines is 2. The summed E-state index contributed by atoms with van der Waals surface area (Å²) in [4.78, 5) is 16.6. The lowest BCUT2D eigenvalue weighted by Crippen LogP contribution is -2.09. The first-order chi connectivity index (χ1) is 9.06. The number of thiazole rings is 1. The fourth-order valence-electron chi connectivity index (χ4n) is 1.60. The van der Waals surface area contributed by atoms with Crippen molar-refractivity contribution in [3.8, 4) is 0 Å². The van der Waals surface area contributed by atoms with Crippen LogP contribution in [0.25, 0.3) is 0 Å². The molecule has 0 bridgehead atoms. The summed E-state index contributed by atoms with van der Waals surface area (Å²) in [6.07, 6.45) is 0.468. The van der Waals surface area contributed by atoms with Gasteiger partial charge in [0.05, 0.1) is 12.1 Å². The molecule has 1 aromatic heterocycles. The quantitative estimate of drug-likeness (QED) is 0.914. The van der Waals surface area contributed by atoms with Gasteiger partial charge in [0.1, 0.15) is 5.82 Å². The van der Waals surface area contributed by atoms with Crippen LogP contribution in [-0.2, 0) is 11.2 Å². The Morgan fingerprint density at radius 3 is 3.00 bits per heavy atom. The van der Waals surface area contributed by atoms with E-state index in [1.807, 2.05) is 5.38 Å². The Bertz CT molecular complexity index is 586. The average Bonchev–Trinajstić information content (AvgIpc) is 2.84. The van der Waals surface area contributed by atoms with Gasteiger partial charge < -0.3 is 10.0 Å². The van der Waals surface area contributed by atoms with Crippen LogP contribution in [0.1, 0.15) is 12.1 Å². The lowest BCUT2D eigenvalue weighted by atomic mass is 10.2. The van der Waals surface area contributed by atoms with Crippen LogP contribution in [0.15, 0.2) is 29.6 Å². The zero-order valence-corrected chi connectivity index (χ0v) is 11.2. The van der Waals surface area contributed by atoms with Gasteiger partial charge in [-0.25, -0.2) is 9.37 Å². The minimum absolute atomic E-state index is 0.0624. The van der Waals surface area contributed by atoms with Crippen LogP contribution in [0.3, 0.4) is 0 Å². The standard InChI is InChI=1S/C13H13FN2O2S/c1-16(11-4-2-3-9(14)7-11)13-15-10(8-19-13)5-6-12(17)18/h2-4,7-8H,5-6H2,1H3,(H,17,18). The zero-order chi connectivity index (χ0) is 13.8. The predicted octanol–water partition coefficient (Wildman–Crippen LogP) is 3.07. The smallest absolute Gasteiger partial charge is 0.303 e. The van der Waals surface area contributed by atoms with Crippen molar-refractivity contribution < 1.29 is 14.3 Å². The van der Waals surface area contributed by atoms with Crippen molar-refractivity contribution in [1.82, 2.24) is 4.98 Å². The SMILES string of the molecule is CN(c1cccc(F)c1)c1nc(CCC(=O)O)cs1. The molecule has 100 valence electrons. The van der Waals surface area contributed by atoms with Crippen LogP contribution < -0.4 is 4.90 Å². The van der Waals surface area contributed by atoms with E-state index >= 15 is 0 Å². The van der Waals surface area contributed by atoms with Gasteiger partial charge in [-0.2, -0.15) is 0 Å². The first-order valence-corrected chi connectivity index (χ1v) is 6.59. The first kappa shape index (κ1) is 13.5. The molecular weight excluding hydrogens is 267 g/mol. The predicted molar refractivity (Wildman–Crippen MR) is 72.5 cm³/mol. The summed E-state index contributed by atoms with van der Waals surface area (Å²) in [5.41, 5.74) is 1.45. The number of aryl methyl sites for hydroxylation is 1. The van der Waals surface area contributed by atoms with Gasteiger partial charge in [-0.1, -0.05) is 6.07 Å². The summed E-state index contributed by atoms with van der Waals surface area (Å²) in [6, 6.07) is 6.25. The highest BCUT2D eigenvalue weighted by molar-refractivity contribution is 7.13. The van der Waals surface area contributed by atoms with Crippen molar-refractivity contribution in [1.29, 1.82) is 0 Å². The van der Waals surface area contributed by atoms with E-state index in [1.54, 1.807) is 24.1 Å². The van der Waals surface area contributed by atoms with Crippen molar-refractivity contribution >= 4 is 28.1 Å². The number of halogens is 1. The maximum atomic E-state index is 13.1. The molecule has 0 aliphatic heterocycles. The Labute approximate surface area is 114 Å². The molecule has 0 fully saturated rings. The Morgan fingerprint density at radius 2 is 2.32 bits per heavy atom. The second-order valence-corrected chi connectivity index (χ2v) is 4.89. The van der Waals surface area contributed by atoms with Crippen molar-refractivity contribution in [3.05, 3.63) is 41.2 Å². The van der Waals surface area contributed by atoms with Gasteiger partial charge in [-0.05, 0) is 18.2 Å². The van der Waals surface area contributed by atoms with Crippen LogP contribution >= 0.6 is 11.3 Å². The lowest BCUT2D eigenvalue weighted by Gasteiger charge is -2.15. The van der Waals surface area contributed by atoms with Gasteiger partial charge in [0.25, 0.3) is 0 Å². The van der Waals surface area contributed by atoms with Gasteiger partial charge >= 0.3 is 5.97 Å². The van der Waals surface area contributed by atoms with E-state index in [1.165, 1.54) is 23.5 Å². The van der Waals surface area contributed by atoms with Crippen molar-refractivity contribution in [2.24, 2.45) is 0 Å². The van der Waals surface area contributed by atoms with Crippen LogP contribution in [0, 0.1) is 5.82 Å². The number of aromatic nitrogens is 1. The number of benzene rings is 1. The second kappa shape index (κ2) is 5.79. The molecule has 1 N–H and O–H groups in total. The number of nitrogens with zero attached hydrogens (tertiary/aromatic N) is 2. The zero-order valence-electron chi connectivity index (χ0n) is 10.3. The highest BCUT2D eigenvalue weighted by Gasteiger charge is 2.10. The molecule has 2 aromatic rings. The van der Waals surface area contributed by atoms with Gasteiger partial charge in [-0.15, -0.1) is 11.3 Å². The number of hydrogen-bond acceptors (Lipinski definition) is 4. The number of carboxylic acid groups (broad SMARTS) is 1. The van der Waals surface area contributed by atoms with E-state index in [0.717, 1.165) is 5.69 Å². The number of carbonyl (C=O) groups is 1. The third-order valence-electron chi connectivity index (χ3n) is 2.62. The molecule has 0 aliphatic rings. The van der Waals surface area contributed by atoms with E-state index in [2.05, 4.69) is 4.98 Å². The minimum Gasteiger partial charge on any atom is -0.481 e. The summed E-state index contributed by atoms with van der Waals surface area (Å²) in [6.45, 7) is 0. The molecule has 4 nitrogen and oxygen atoms in total. The maximum Gasteiger partial charge on any atom is 0.303 e. The normalized spacial score (nSPS) is 10.4. The van der Waals surface area contributed by atoms with Crippen molar-refractivity contribution in [2.75, 3.05) is 11.9 Å². The molecular formula is C13H13FN2O2S. The molecule has 2 rings (SSSR count). The molecule has 0 aliphatic carbocycles. The van der Waals surface area contributed by atoms with E-state index in [-0.39, 0.29) is 12.2 Å². The molecule has 1 heterocycles. The fourth-order valence-corrected chi connectivity index (χ4v) is 2.44. The molecule has 6 heteroatoms. The highest BCUT2D eigenvalue weighted by atomic mass is 32.1. The second-order valence-electron chi connectivity index (χ2n) is 4.05. The molecule has 0 spiro atoms. The molecule has 19 heavy (non-hydrogen) atoms. The van der Waals surface area contributed by atoms with Crippen LogP contribution in [-0.4, -0.2) is 23.1 Å². The molecule has 0 atom stereocenters. The third kappa shape index (κ3) is 3.51. The molecule has 1 aromatic carbocycles. The minimum atomic E-state index is -0.840. The third-order valence-corrected chi connectivity index (χ3v) is 3.58. The molecule has 0 saturated carbocycles. The van der Waals surface area contributed by atoms with E-state index in [4.69, 9.17) is 5.11 Å². The van der Waals surface area contributed by atoms with E-state index in [9.17, 15) is 9.18 Å². The number of hydrogen-bond donors (Lipinski definition) is 1. The maximum absolute atomic E-state index is 13.1. The van der Waals surface area contributed by atoms with Gasteiger partial charge in [0.15, 0.2) is 5.13 Å². The topological polar surface area (TPSA) is 53.4 Å². The summed E-state index contributed by atoms with van der Waals surface area (Å²) in [7, 11) is 1.80. The average molecular weight is 280 g/mol. The van der Waals surface area contributed by atoms with E-state index in [0.29, 0.717) is 17.2 Å². The van der Waals surface area contributed by atoms with E-state index < -0.39 is 5.97 Å². The van der Waals surface area contributed by atoms with Gasteiger partial charge in [-0.3, -0.25) is 4.79 Å². The Morgan fingerprint density at radius 1 is 1.53 bits per heavy atom. The monoisotopic (exact) mass is 280 g/mol. The Kier molecular flexibility index (Phi) is 4.11. The van der Waals surface area contributed by atoms with Crippen LogP contribution in [0.4, 0.5) is 15.2 Å². The molecule has 0 amide bonds. The van der Waals surface area contributed by atoms with Crippen molar-refractivity contribution in [2.45, 2.75) is 12.8 Å². The Hall–Kier alpha value is -1.95. The van der Waals surface area contributed by atoms with Crippen LogP contribution in [0.2, 0.25) is 0 Å². The fraction of sp³-hybridized carbons (Fsp3) is 0.231. The summed E-state index contributed by atoms with van der Waals surface area (Å²) >= 11 is 1.41.